The van der Waals surface area contributed by atoms with Crippen LogP contribution in [0.4, 0.5) is 4.79 Å². The molecule has 1 saturated carbocycles. The minimum absolute atomic E-state index is 0.0484. The highest BCUT2D eigenvalue weighted by Gasteiger charge is 2.41. The molecule has 2 aliphatic carbocycles. The summed E-state index contributed by atoms with van der Waals surface area (Å²) in [4.78, 5) is 64.2. The Morgan fingerprint density at radius 2 is 1.48 bits per heavy atom. The molecule has 2 amide bonds. The zero-order valence-electron chi connectivity index (χ0n) is 24.6. The molecule has 0 bridgehead atoms. The lowest BCUT2D eigenvalue weighted by molar-refractivity contribution is -0.146. The Labute approximate surface area is 250 Å². The zero-order valence-corrected chi connectivity index (χ0v) is 25.4. The van der Waals surface area contributed by atoms with Crippen molar-refractivity contribution in [3.8, 4) is 11.1 Å². The van der Waals surface area contributed by atoms with Crippen LogP contribution in [-0.2, 0) is 28.7 Å². The van der Waals surface area contributed by atoms with Gasteiger partial charge in [0.25, 0.3) is 0 Å². The molecule has 0 spiro atoms. The van der Waals surface area contributed by atoms with Gasteiger partial charge in [0.15, 0.2) is 11.6 Å². The third kappa shape index (κ3) is 7.03. The first-order chi connectivity index (χ1) is 19.9. The quantitative estimate of drug-likeness (QED) is 0.309. The van der Waals surface area contributed by atoms with Gasteiger partial charge in [-0.15, -0.1) is 11.8 Å². The number of carbonyl (C=O) groups is 5. The molecule has 2 aromatic rings. The van der Waals surface area contributed by atoms with Gasteiger partial charge in [0, 0.05) is 24.5 Å². The molecule has 42 heavy (non-hydrogen) atoms. The van der Waals surface area contributed by atoms with Gasteiger partial charge in [0.05, 0.1) is 7.11 Å². The van der Waals surface area contributed by atoms with Crippen molar-refractivity contribution in [3.05, 3.63) is 59.7 Å². The fraction of sp³-hybridized carbons (Fsp3) is 0.469. The van der Waals surface area contributed by atoms with Gasteiger partial charge in [-0.2, -0.15) is 0 Å². The van der Waals surface area contributed by atoms with E-state index in [4.69, 9.17) is 9.47 Å². The summed E-state index contributed by atoms with van der Waals surface area (Å²) < 4.78 is 10.5. The molecular formula is C32H38N2O7S. The molecule has 2 N–H and O–H groups in total. The van der Waals surface area contributed by atoms with E-state index in [-0.39, 0.29) is 48.6 Å². The van der Waals surface area contributed by atoms with E-state index in [1.165, 1.54) is 7.11 Å². The largest absolute Gasteiger partial charge is 0.467 e. The molecule has 2 aromatic carbocycles. The summed E-state index contributed by atoms with van der Waals surface area (Å²) in [5.41, 5.74) is 3.86. The number of thioether (sulfide) groups is 1. The van der Waals surface area contributed by atoms with Crippen LogP contribution >= 0.6 is 11.8 Å². The third-order valence-electron chi connectivity index (χ3n) is 7.69. The van der Waals surface area contributed by atoms with E-state index >= 15 is 0 Å². The lowest BCUT2D eigenvalue weighted by Gasteiger charge is -2.32. The maximum absolute atomic E-state index is 13.4. The first kappa shape index (κ1) is 31.3. The number of ketones is 2. The minimum atomic E-state index is -1.17. The van der Waals surface area contributed by atoms with Gasteiger partial charge in [-0.05, 0) is 33.6 Å². The maximum Gasteiger partial charge on any atom is 0.407 e. The highest BCUT2D eigenvalue weighted by atomic mass is 32.2. The number of rotatable bonds is 10. The fourth-order valence-corrected chi connectivity index (χ4v) is 6.75. The first-order valence-corrected chi connectivity index (χ1v) is 15.1. The molecule has 0 aliphatic heterocycles. The molecule has 10 heteroatoms. The second kappa shape index (κ2) is 13.1. The molecule has 224 valence electrons. The number of amides is 2. The van der Waals surface area contributed by atoms with Crippen molar-refractivity contribution in [2.24, 2.45) is 11.3 Å². The molecule has 0 heterocycles. The van der Waals surface area contributed by atoms with E-state index in [2.05, 4.69) is 10.6 Å². The van der Waals surface area contributed by atoms with Gasteiger partial charge in [-0.1, -0.05) is 76.2 Å². The molecular weight excluding hydrogens is 556 g/mol. The van der Waals surface area contributed by atoms with E-state index in [1.54, 1.807) is 13.8 Å². The number of carbonyl (C=O) groups excluding carboxylic acids is 5. The Bertz CT molecular complexity index is 1310. The van der Waals surface area contributed by atoms with Crippen molar-refractivity contribution in [1.82, 2.24) is 10.6 Å². The predicted octanol–water partition coefficient (Wildman–Crippen LogP) is 4.27. The molecule has 4 rings (SSSR count). The van der Waals surface area contributed by atoms with Crippen molar-refractivity contribution in [2.75, 3.05) is 19.5 Å². The van der Waals surface area contributed by atoms with E-state index in [0.717, 1.165) is 34.0 Å². The normalized spacial score (nSPS) is 17.7. The van der Waals surface area contributed by atoms with Gasteiger partial charge < -0.3 is 20.1 Å². The Morgan fingerprint density at radius 3 is 2.00 bits per heavy atom. The number of hydrogen-bond acceptors (Lipinski definition) is 8. The SMILES string of the molecule is COC(=O)[C@@H](NC(=O)[C@H](CSC1C(=O)CC(C)(C)CC1=O)NC(=O)OCC1c2ccccc2-c2ccccc21)C(C)C. The average molecular weight is 595 g/mol. The van der Waals surface area contributed by atoms with E-state index in [1.807, 2.05) is 62.4 Å². The second-order valence-electron chi connectivity index (χ2n) is 11.9. The maximum atomic E-state index is 13.4. The van der Waals surface area contributed by atoms with Crippen LogP contribution in [0.25, 0.3) is 11.1 Å². The predicted molar refractivity (Wildman–Crippen MR) is 160 cm³/mol. The van der Waals surface area contributed by atoms with Crippen molar-refractivity contribution in [3.63, 3.8) is 0 Å². The number of benzene rings is 2. The summed E-state index contributed by atoms with van der Waals surface area (Å²) >= 11 is 1.02. The number of alkyl carbamates (subject to hydrolysis) is 1. The number of methoxy groups -OCH3 is 1. The number of hydrogen-bond donors (Lipinski definition) is 2. The Morgan fingerprint density at radius 1 is 0.929 bits per heavy atom. The Kier molecular flexibility index (Phi) is 9.76. The number of Topliss-reactive ketones (excluding diaryl/α,β-unsaturated/α-hetero) is 2. The van der Waals surface area contributed by atoms with Crippen molar-refractivity contribution < 1.29 is 33.4 Å². The van der Waals surface area contributed by atoms with Crippen LogP contribution in [0, 0.1) is 11.3 Å². The molecule has 0 saturated heterocycles. The lowest BCUT2D eigenvalue weighted by atomic mass is 9.76. The standard InChI is InChI=1S/C32H38N2O7S/c1-18(2)27(30(38)40-5)34-29(37)24(17-42-28-25(35)14-32(3,4)15-26(28)36)33-31(39)41-16-23-21-12-8-6-10-19(21)20-11-7-9-13-22(20)23/h6-13,18,23-24,27-28H,14-17H2,1-5H3,(H,33,39)(H,34,37)/t24-,27-/m0/s1. The first-order valence-electron chi connectivity index (χ1n) is 14.1. The lowest BCUT2D eigenvalue weighted by Crippen LogP contribution is -2.54. The number of ether oxygens (including phenoxy) is 2. The second-order valence-corrected chi connectivity index (χ2v) is 13.1. The van der Waals surface area contributed by atoms with E-state index in [9.17, 15) is 24.0 Å². The zero-order chi connectivity index (χ0) is 30.6. The highest BCUT2D eigenvalue weighted by Crippen LogP contribution is 2.44. The summed E-state index contributed by atoms with van der Waals surface area (Å²) in [6, 6.07) is 13.8. The summed E-state index contributed by atoms with van der Waals surface area (Å²) in [6.07, 6.45) is -0.311. The smallest absolute Gasteiger partial charge is 0.407 e. The van der Waals surface area contributed by atoms with Crippen LogP contribution in [-0.4, -0.2) is 66.3 Å². The van der Waals surface area contributed by atoms with Crippen LogP contribution in [0.15, 0.2) is 48.5 Å². The van der Waals surface area contributed by atoms with Crippen molar-refractivity contribution in [2.45, 2.75) is 63.8 Å². The topological polar surface area (TPSA) is 128 Å². The van der Waals surface area contributed by atoms with E-state index in [0.29, 0.717) is 0 Å². The summed E-state index contributed by atoms with van der Waals surface area (Å²) in [5.74, 6) is -2.18. The molecule has 2 atom stereocenters. The molecule has 9 nitrogen and oxygen atoms in total. The molecule has 0 aromatic heterocycles. The van der Waals surface area contributed by atoms with Gasteiger partial charge in [0.1, 0.15) is 23.9 Å². The van der Waals surface area contributed by atoms with Crippen LogP contribution in [0.1, 0.15) is 57.6 Å². The Hall–Kier alpha value is -3.66. The summed E-state index contributed by atoms with van der Waals surface area (Å²) in [7, 11) is 1.23. The number of esters is 1. The van der Waals surface area contributed by atoms with Crippen LogP contribution in [0.2, 0.25) is 0 Å². The number of fused-ring (bicyclic) bond motifs is 3. The summed E-state index contributed by atoms with van der Waals surface area (Å²) in [6.45, 7) is 7.30. The molecule has 0 unspecified atom stereocenters. The van der Waals surface area contributed by atoms with Gasteiger partial charge in [-0.25, -0.2) is 9.59 Å². The van der Waals surface area contributed by atoms with Gasteiger partial charge in [0.2, 0.25) is 5.91 Å². The molecule has 1 fully saturated rings. The van der Waals surface area contributed by atoms with Crippen molar-refractivity contribution >= 4 is 41.3 Å². The van der Waals surface area contributed by atoms with E-state index < -0.39 is 40.7 Å². The third-order valence-corrected chi connectivity index (χ3v) is 9.08. The van der Waals surface area contributed by atoms with Gasteiger partial charge >= 0.3 is 12.1 Å². The molecule has 2 aliphatic rings. The van der Waals surface area contributed by atoms with Crippen LogP contribution in [0.5, 0.6) is 0 Å². The van der Waals surface area contributed by atoms with Gasteiger partial charge in [-0.3, -0.25) is 14.4 Å². The summed E-state index contributed by atoms with van der Waals surface area (Å²) in [5, 5.41) is 4.34. The van der Waals surface area contributed by atoms with Crippen LogP contribution < -0.4 is 10.6 Å². The Balaban J connectivity index is 1.47. The molecule has 0 radical (unpaired) electrons. The van der Waals surface area contributed by atoms with Crippen molar-refractivity contribution in [1.29, 1.82) is 0 Å². The monoisotopic (exact) mass is 594 g/mol. The fourth-order valence-electron chi connectivity index (χ4n) is 5.59. The minimum Gasteiger partial charge on any atom is -0.467 e. The average Bonchev–Trinajstić information content (AvgIpc) is 3.26. The van der Waals surface area contributed by atoms with Crippen LogP contribution in [0.3, 0.4) is 0 Å². The number of nitrogens with one attached hydrogen (secondary N) is 2. The highest BCUT2D eigenvalue weighted by molar-refractivity contribution is 8.01.